The van der Waals surface area contributed by atoms with Gasteiger partial charge in [0.25, 0.3) is 0 Å². The molecule has 1 aromatic rings. The highest BCUT2D eigenvalue weighted by atomic mass is 35.5. The summed E-state index contributed by atoms with van der Waals surface area (Å²) in [5.41, 5.74) is 0.502. The molecule has 0 heterocycles. The van der Waals surface area contributed by atoms with E-state index in [0.29, 0.717) is 28.8 Å². The third kappa shape index (κ3) is 5.38. The normalized spacial score (nSPS) is 13.4. The number of anilines is 1. The van der Waals surface area contributed by atoms with Crippen LogP contribution < -0.4 is 15.4 Å². The van der Waals surface area contributed by atoms with Crippen molar-refractivity contribution in [2.24, 2.45) is 0 Å². The average Bonchev–Trinajstić information content (AvgIpc) is 2.32. The van der Waals surface area contributed by atoms with Gasteiger partial charge < -0.3 is 15.4 Å². The number of hydrogen-bond acceptors (Lipinski definition) is 3. The van der Waals surface area contributed by atoms with Crippen molar-refractivity contribution in [3.8, 4) is 5.75 Å². The number of hydrogen-bond donors (Lipinski definition) is 2. The van der Waals surface area contributed by atoms with Crippen LogP contribution in [0.5, 0.6) is 5.75 Å². The second-order valence-corrected chi connectivity index (χ2v) is 6.18. The standard InChI is InChI=1S/C13H19ClN2O3S/c1-4-19-12-10(14)6-5-7-11(12)16-13(17)15-9(2)8-20(3)18/h5-7,9H,4,8H2,1-3H3,(H2,15,16,17)/t9-,20-/m1/s1. The number of amides is 2. The van der Waals surface area contributed by atoms with Gasteiger partial charge in [0.1, 0.15) is 0 Å². The van der Waals surface area contributed by atoms with Crippen molar-refractivity contribution in [2.45, 2.75) is 19.9 Å². The first-order valence-corrected chi connectivity index (χ1v) is 8.33. The van der Waals surface area contributed by atoms with Crippen molar-refractivity contribution in [2.75, 3.05) is 23.9 Å². The molecule has 0 aliphatic rings. The largest absolute Gasteiger partial charge is 0.490 e. The molecule has 0 aliphatic heterocycles. The highest BCUT2D eigenvalue weighted by molar-refractivity contribution is 7.84. The number of benzene rings is 1. The van der Waals surface area contributed by atoms with E-state index < -0.39 is 10.8 Å². The summed E-state index contributed by atoms with van der Waals surface area (Å²) in [6, 6.07) is 4.56. The van der Waals surface area contributed by atoms with Crippen LogP contribution in [-0.2, 0) is 10.8 Å². The van der Waals surface area contributed by atoms with Gasteiger partial charge in [-0.15, -0.1) is 0 Å². The van der Waals surface area contributed by atoms with E-state index in [1.54, 1.807) is 31.4 Å². The molecule has 1 aromatic carbocycles. The molecule has 20 heavy (non-hydrogen) atoms. The third-order valence-electron chi connectivity index (χ3n) is 2.37. The minimum Gasteiger partial charge on any atom is -0.490 e. The first kappa shape index (κ1) is 16.8. The van der Waals surface area contributed by atoms with E-state index in [1.807, 2.05) is 6.92 Å². The summed E-state index contributed by atoms with van der Waals surface area (Å²) in [5, 5.41) is 5.83. The molecule has 0 radical (unpaired) electrons. The maximum atomic E-state index is 11.9. The Bertz CT molecular complexity index is 497. The number of rotatable bonds is 6. The van der Waals surface area contributed by atoms with Gasteiger partial charge in [-0.25, -0.2) is 4.79 Å². The summed E-state index contributed by atoms with van der Waals surface area (Å²) in [7, 11) is -0.958. The molecule has 7 heteroatoms. The molecule has 1 rings (SSSR count). The van der Waals surface area contributed by atoms with Crippen LogP contribution in [0.3, 0.4) is 0 Å². The van der Waals surface area contributed by atoms with E-state index in [-0.39, 0.29) is 12.1 Å². The highest BCUT2D eigenvalue weighted by Crippen LogP contribution is 2.32. The van der Waals surface area contributed by atoms with Crippen LogP contribution in [-0.4, -0.2) is 34.9 Å². The average molecular weight is 319 g/mol. The SMILES string of the molecule is CCOc1c(Cl)cccc1NC(=O)N[C@H](C)C[S@@](C)=O. The Hall–Kier alpha value is -1.27. The molecule has 0 fully saturated rings. The van der Waals surface area contributed by atoms with Crippen LogP contribution in [0.1, 0.15) is 13.8 Å². The van der Waals surface area contributed by atoms with Gasteiger partial charge in [-0.05, 0) is 26.0 Å². The number of carbonyl (C=O) groups excluding carboxylic acids is 1. The Balaban J connectivity index is 2.70. The fourth-order valence-electron chi connectivity index (χ4n) is 1.67. The van der Waals surface area contributed by atoms with Crippen molar-refractivity contribution in [1.82, 2.24) is 5.32 Å². The van der Waals surface area contributed by atoms with Gasteiger partial charge in [-0.1, -0.05) is 17.7 Å². The number of para-hydroxylation sites is 1. The molecule has 5 nitrogen and oxygen atoms in total. The molecule has 0 spiro atoms. The summed E-state index contributed by atoms with van der Waals surface area (Å²) in [5.74, 6) is 0.847. The summed E-state index contributed by atoms with van der Waals surface area (Å²) < 4.78 is 16.5. The van der Waals surface area contributed by atoms with Crippen LogP contribution in [0.15, 0.2) is 18.2 Å². The van der Waals surface area contributed by atoms with E-state index in [2.05, 4.69) is 10.6 Å². The molecule has 112 valence electrons. The van der Waals surface area contributed by atoms with Gasteiger partial charge in [0.05, 0.1) is 17.3 Å². The van der Waals surface area contributed by atoms with Crippen LogP contribution in [0.25, 0.3) is 0 Å². The summed E-state index contributed by atoms with van der Waals surface area (Å²) in [6.45, 7) is 4.08. The van der Waals surface area contributed by atoms with E-state index in [9.17, 15) is 9.00 Å². The molecule has 0 unspecified atom stereocenters. The summed E-state index contributed by atoms with van der Waals surface area (Å²) in [4.78, 5) is 11.9. The van der Waals surface area contributed by atoms with Gasteiger partial charge in [0.2, 0.25) is 0 Å². The van der Waals surface area contributed by atoms with Crippen LogP contribution in [0, 0.1) is 0 Å². The third-order valence-corrected chi connectivity index (χ3v) is 3.63. The molecule has 0 saturated carbocycles. The van der Waals surface area contributed by atoms with Crippen LogP contribution in [0.4, 0.5) is 10.5 Å². The van der Waals surface area contributed by atoms with E-state index in [1.165, 1.54) is 0 Å². The maximum absolute atomic E-state index is 11.9. The van der Waals surface area contributed by atoms with E-state index >= 15 is 0 Å². The zero-order valence-corrected chi connectivity index (χ0v) is 13.3. The lowest BCUT2D eigenvalue weighted by Crippen LogP contribution is -2.39. The Morgan fingerprint density at radius 1 is 1.50 bits per heavy atom. The predicted octanol–water partition coefficient (Wildman–Crippen LogP) is 2.63. The monoisotopic (exact) mass is 318 g/mol. The number of halogens is 1. The molecule has 0 aliphatic carbocycles. The van der Waals surface area contributed by atoms with Gasteiger partial charge in [0.15, 0.2) is 5.75 Å². The molecule has 0 aromatic heterocycles. The molecule has 0 bridgehead atoms. The smallest absolute Gasteiger partial charge is 0.319 e. The quantitative estimate of drug-likeness (QED) is 0.847. The topological polar surface area (TPSA) is 67.4 Å². The number of urea groups is 1. The Kier molecular flexibility index (Phi) is 6.81. The van der Waals surface area contributed by atoms with Crippen LogP contribution in [0.2, 0.25) is 5.02 Å². The Morgan fingerprint density at radius 2 is 2.20 bits per heavy atom. The van der Waals surface area contributed by atoms with Crippen molar-refractivity contribution < 1.29 is 13.7 Å². The predicted molar refractivity (Wildman–Crippen MR) is 83.2 cm³/mol. The molecule has 0 saturated heterocycles. The number of carbonyl (C=O) groups is 1. The van der Waals surface area contributed by atoms with Crippen LogP contribution >= 0.6 is 11.6 Å². The summed E-state index contributed by atoms with van der Waals surface area (Å²) in [6.07, 6.45) is 1.60. The van der Waals surface area contributed by atoms with Gasteiger partial charge >= 0.3 is 6.03 Å². The molecule has 2 N–H and O–H groups in total. The number of ether oxygens (including phenoxy) is 1. The van der Waals surface area contributed by atoms with Crippen molar-refractivity contribution in [3.63, 3.8) is 0 Å². The highest BCUT2D eigenvalue weighted by Gasteiger charge is 2.13. The minimum atomic E-state index is -0.958. The Labute approximate surface area is 126 Å². The van der Waals surface area contributed by atoms with E-state index in [4.69, 9.17) is 16.3 Å². The lowest BCUT2D eigenvalue weighted by atomic mass is 10.3. The van der Waals surface area contributed by atoms with Gasteiger partial charge in [-0.2, -0.15) is 0 Å². The fourth-order valence-corrected chi connectivity index (χ4v) is 2.69. The van der Waals surface area contributed by atoms with Gasteiger partial charge in [0, 0.05) is 28.9 Å². The molecular weight excluding hydrogens is 300 g/mol. The zero-order valence-electron chi connectivity index (χ0n) is 11.7. The maximum Gasteiger partial charge on any atom is 0.319 e. The second-order valence-electron chi connectivity index (χ2n) is 4.29. The first-order chi connectivity index (χ1) is 9.43. The van der Waals surface area contributed by atoms with Crippen molar-refractivity contribution in [3.05, 3.63) is 23.2 Å². The Morgan fingerprint density at radius 3 is 2.80 bits per heavy atom. The lowest BCUT2D eigenvalue weighted by Gasteiger charge is -2.16. The van der Waals surface area contributed by atoms with Crippen molar-refractivity contribution in [1.29, 1.82) is 0 Å². The second kappa shape index (κ2) is 8.11. The zero-order chi connectivity index (χ0) is 15.1. The number of nitrogens with one attached hydrogen (secondary N) is 2. The summed E-state index contributed by atoms with van der Waals surface area (Å²) >= 11 is 6.03. The van der Waals surface area contributed by atoms with Gasteiger partial charge in [-0.3, -0.25) is 4.21 Å². The lowest BCUT2D eigenvalue weighted by molar-refractivity contribution is 0.250. The molecule has 2 atom stereocenters. The van der Waals surface area contributed by atoms with Crippen molar-refractivity contribution >= 4 is 34.1 Å². The minimum absolute atomic E-state index is 0.185. The molecular formula is C13H19ClN2O3S. The fraction of sp³-hybridized carbons (Fsp3) is 0.462. The van der Waals surface area contributed by atoms with E-state index in [0.717, 1.165) is 0 Å². The molecule has 2 amide bonds. The first-order valence-electron chi connectivity index (χ1n) is 6.22.